The van der Waals surface area contributed by atoms with E-state index in [1.807, 2.05) is 0 Å². The molecule has 0 radical (unpaired) electrons. The number of hydrogen-bond acceptors (Lipinski definition) is 4. The summed E-state index contributed by atoms with van der Waals surface area (Å²) in [6.45, 7) is -1.48. The van der Waals surface area contributed by atoms with E-state index in [9.17, 15) is 31.2 Å². The van der Waals surface area contributed by atoms with Crippen molar-refractivity contribution in [1.29, 1.82) is 0 Å². The first-order chi connectivity index (χ1) is 11.6. The Labute approximate surface area is 142 Å². The molecule has 2 amide bonds. The summed E-state index contributed by atoms with van der Waals surface area (Å²) in [7, 11) is -3.11. The minimum atomic E-state index is -4.54. The normalized spacial score (nSPS) is 19.4. The van der Waals surface area contributed by atoms with Gasteiger partial charge in [0.15, 0.2) is 9.84 Å². The third kappa shape index (κ3) is 6.04. The van der Waals surface area contributed by atoms with Gasteiger partial charge in [-0.05, 0) is 24.5 Å². The molecule has 1 atom stereocenters. The molecule has 0 aromatic heterocycles. The molecule has 1 fully saturated rings. The molecule has 138 valence electrons. The summed E-state index contributed by atoms with van der Waals surface area (Å²) in [5.41, 5.74) is -0.0211. The lowest BCUT2D eigenvalue weighted by atomic mass is 10.0. The maximum atomic E-state index is 12.2. The Morgan fingerprint density at radius 3 is 2.48 bits per heavy atom. The molecule has 1 saturated heterocycles. The van der Waals surface area contributed by atoms with Gasteiger partial charge in [-0.25, -0.2) is 8.42 Å². The first-order valence-corrected chi connectivity index (χ1v) is 9.32. The summed E-state index contributed by atoms with van der Waals surface area (Å²) in [6.07, 6.45) is -4.18. The second-order valence-electron chi connectivity index (χ2n) is 5.86. The van der Waals surface area contributed by atoms with Crippen molar-refractivity contribution in [2.24, 2.45) is 5.92 Å². The van der Waals surface area contributed by atoms with Gasteiger partial charge >= 0.3 is 6.18 Å². The molecule has 1 aliphatic rings. The second-order valence-corrected chi connectivity index (χ2v) is 8.09. The van der Waals surface area contributed by atoms with Crippen molar-refractivity contribution in [3.63, 3.8) is 0 Å². The highest BCUT2D eigenvalue weighted by Crippen LogP contribution is 2.23. The fourth-order valence-electron chi connectivity index (χ4n) is 2.56. The van der Waals surface area contributed by atoms with Crippen LogP contribution >= 0.6 is 0 Å². The standard InChI is InChI=1S/C15H17F3N2O4S/c16-15(17,18)9-19-14(22)11-3-1-2-4-12(11)20-13(21)7-10-5-6-25(23,24)8-10/h1-4,10H,5-9H2,(H,19,22)(H,20,21)/t10-/m1/s1. The highest BCUT2D eigenvalue weighted by molar-refractivity contribution is 7.91. The molecule has 1 aromatic carbocycles. The van der Waals surface area contributed by atoms with Crippen LogP contribution in [0.25, 0.3) is 0 Å². The van der Waals surface area contributed by atoms with Gasteiger partial charge < -0.3 is 10.6 Å². The molecule has 1 heterocycles. The Bertz CT molecular complexity index is 762. The fraction of sp³-hybridized carbons (Fsp3) is 0.467. The largest absolute Gasteiger partial charge is 0.405 e. The highest BCUT2D eigenvalue weighted by atomic mass is 32.2. The molecule has 0 aliphatic carbocycles. The number of carbonyl (C=O) groups excluding carboxylic acids is 2. The van der Waals surface area contributed by atoms with Gasteiger partial charge in [-0.3, -0.25) is 9.59 Å². The van der Waals surface area contributed by atoms with Crippen LogP contribution in [0.2, 0.25) is 0 Å². The molecular formula is C15H17F3N2O4S. The second kappa shape index (κ2) is 7.42. The predicted molar refractivity (Wildman–Crippen MR) is 84.8 cm³/mol. The van der Waals surface area contributed by atoms with E-state index in [0.717, 1.165) is 0 Å². The molecule has 6 nitrogen and oxygen atoms in total. The molecule has 0 saturated carbocycles. The van der Waals surface area contributed by atoms with Crippen LogP contribution in [0.5, 0.6) is 0 Å². The number of hydrogen-bond donors (Lipinski definition) is 2. The maximum absolute atomic E-state index is 12.2. The predicted octanol–water partition coefficient (Wildman–Crippen LogP) is 1.74. The minimum absolute atomic E-state index is 0.0300. The highest BCUT2D eigenvalue weighted by Gasteiger charge is 2.30. The van der Waals surface area contributed by atoms with Gasteiger partial charge in [-0.15, -0.1) is 0 Å². The van der Waals surface area contributed by atoms with Crippen LogP contribution in [0.3, 0.4) is 0 Å². The number of rotatable bonds is 5. The topological polar surface area (TPSA) is 92.3 Å². The Balaban J connectivity index is 2.00. The van der Waals surface area contributed by atoms with Crippen LogP contribution in [0, 0.1) is 5.92 Å². The van der Waals surface area contributed by atoms with Crippen LogP contribution in [0.4, 0.5) is 18.9 Å². The molecule has 1 aliphatic heterocycles. The third-order valence-corrected chi connectivity index (χ3v) is 5.53. The van der Waals surface area contributed by atoms with Crippen molar-refractivity contribution in [2.45, 2.75) is 19.0 Å². The molecule has 0 bridgehead atoms. The summed E-state index contributed by atoms with van der Waals surface area (Å²) in [5, 5.41) is 4.21. The lowest BCUT2D eigenvalue weighted by Gasteiger charge is -2.13. The molecule has 2 N–H and O–H groups in total. The van der Waals surface area contributed by atoms with Crippen LogP contribution in [-0.2, 0) is 14.6 Å². The van der Waals surface area contributed by atoms with Crippen molar-refractivity contribution in [2.75, 3.05) is 23.4 Å². The van der Waals surface area contributed by atoms with Gasteiger partial charge in [0.25, 0.3) is 5.91 Å². The Morgan fingerprint density at radius 1 is 1.20 bits per heavy atom. The van der Waals surface area contributed by atoms with Gasteiger partial charge in [0.2, 0.25) is 5.91 Å². The van der Waals surface area contributed by atoms with Crippen LogP contribution in [0.15, 0.2) is 24.3 Å². The quantitative estimate of drug-likeness (QED) is 0.816. The van der Waals surface area contributed by atoms with E-state index in [4.69, 9.17) is 0 Å². The summed E-state index contributed by atoms with van der Waals surface area (Å²) >= 11 is 0. The number of para-hydroxylation sites is 1. The van der Waals surface area contributed by atoms with Gasteiger partial charge in [0, 0.05) is 6.42 Å². The third-order valence-electron chi connectivity index (χ3n) is 3.70. The Hall–Kier alpha value is -2.10. The minimum Gasteiger partial charge on any atom is -0.343 e. The van der Waals surface area contributed by atoms with E-state index in [2.05, 4.69) is 5.32 Å². The number of anilines is 1. The fourth-order valence-corrected chi connectivity index (χ4v) is 4.42. The zero-order valence-corrected chi connectivity index (χ0v) is 13.9. The molecule has 10 heteroatoms. The number of alkyl halides is 3. The number of halogens is 3. The number of nitrogens with one attached hydrogen (secondary N) is 2. The molecule has 2 rings (SSSR count). The van der Waals surface area contributed by atoms with Crippen molar-refractivity contribution in [3.8, 4) is 0 Å². The summed E-state index contributed by atoms with van der Waals surface area (Å²) < 4.78 is 59.4. The zero-order valence-electron chi connectivity index (χ0n) is 13.1. The average molecular weight is 378 g/mol. The van der Waals surface area contributed by atoms with E-state index in [0.29, 0.717) is 6.42 Å². The summed E-state index contributed by atoms with van der Waals surface area (Å²) in [6, 6.07) is 5.67. The number of carbonyl (C=O) groups is 2. The Kier molecular flexibility index (Phi) is 5.71. The van der Waals surface area contributed by atoms with Crippen molar-refractivity contribution in [3.05, 3.63) is 29.8 Å². The van der Waals surface area contributed by atoms with Gasteiger partial charge in [0.1, 0.15) is 6.54 Å². The number of sulfone groups is 1. The van der Waals surface area contributed by atoms with E-state index in [1.54, 1.807) is 5.32 Å². The molecular weight excluding hydrogens is 361 g/mol. The van der Waals surface area contributed by atoms with Crippen molar-refractivity contribution in [1.82, 2.24) is 5.32 Å². The summed E-state index contributed by atoms with van der Waals surface area (Å²) in [4.78, 5) is 23.9. The van der Waals surface area contributed by atoms with Gasteiger partial charge in [0.05, 0.1) is 22.8 Å². The van der Waals surface area contributed by atoms with Crippen molar-refractivity contribution < 1.29 is 31.2 Å². The SMILES string of the molecule is O=C(C[C@H]1CCS(=O)(=O)C1)Nc1ccccc1C(=O)NCC(F)(F)F. The first kappa shape index (κ1) is 19.2. The van der Waals surface area contributed by atoms with E-state index >= 15 is 0 Å². The van der Waals surface area contributed by atoms with Crippen molar-refractivity contribution >= 4 is 27.3 Å². The smallest absolute Gasteiger partial charge is 0.343 e. The maximum Gasteiger partial charge on any atom is 0.405 e. The van der Waals surface area contributed by atoms with E-state index in [-0.39, 0.29) is 35.1 Å². The number of benzene rings is 1. The molecule has 0 spiro atoms. The molecule has 0 unspecified atom stereocenters. The molecule has 1 aromatic rings. The molecule has 25 heavy (non-hydrogen) atoms. The lowest BCUT2D eigenvalue weighted by molar-refractivity contribution is -0.123. The zero-order chi connectivity index (χ0) is 18.7. The van der Waals surface area contributed by atoms with Crippen LogP contribution in [0.1, 0.15) is 23.2 Å². The summed E-state index contributed by atoms with van der Waals surface area (Å²) in [5.74, 6) is -1.76. The van der Waals surface area contributed by atoms with E-state index in [1.165, 1.54) is 24.3 Å². The lowest BCUT2D eigenvalue weighted by Crippen LogP contribution is -2.34. The number of amides is 2. The van der Waals surface area contributed by atoms with E-state index < -0.39 is 34.4 Å². The van der Waals surface area contributed by atoms with Crippen LogP contribution in [-0.4, -0.2) is 44.5 Å². The van der Waals surface area contributed by atoms with Gasteiger partial charge in [-0.1, -0.05) is 12.1 Å². The first-order valence-electron chi connectivity index (χ1n) is 7.50. The Morgan fingerprint density at radius 2 is 1.88 bits per heavy atom. The van der Waals surface area contributed by atoms with Gasteiger partial charge in [-0.2, -0.15) is 13.2 Å². The monoisotopic (exact) mass is 378 g/mol. The van der Waals surface area contributed by atoms with Crippen LogP contribution < -0.4 is 10.6 Å². The average Bonchev–Trinajstić information content (AvgIpc) is 2.83.